The number of thiophene rings is 1. The van der Waals surface area contributed by atoms with E-state index in [-0.39, 0.29) is 17.4 Å². The number of aromatic carboxylic acids is 1. The van der Waals surface area contributed by atoms with Gasteiger partial charge in [0.2, 0.25) is 0 Å². The van der Waals surface area contributed by atoms with Crippen molar-refractivity contribution in [2.24, 2.45) is 5.92 Å². The summed E-state index contributed by atoms with van der Waals surface area (Å²) in [6, 6.07) is 1.47. The molecule has 0 bridgehead atoms. The summed E-state index contributed by atoms with van der Waals surface area (Å²) in [4.78, 5) is 26.2. The minimum Gasteiger partial charge on any atom is -0.477 e. The lowest BCUT2D eigenvalue weighted by Crippen LogP contribution is -2.39. The number of likely N-dealkylation sites (tertiary alicyclic amines) is 1. The molecule has 0 atom stereocenters. The van der Waals surface area contributed by atoms with Gasteiger partial charge in [-0.05, 0) is 31.7 Å². The predicted molar refractivity (Wildman–Crippen MR) is 82.5 cm³/mol. The van der Waals surface area contributed by atoms with E-state index in [0.717, 1.165) is 29.1 Å². The number of aliphatic hydroxyl groups excluding tert-OH is 1. The number of piperidine rings is 1. The first kappa shape index (κ1) is 16.9. The molecule has 0 radical (unpaired) electrons. The molecule has 1 aromatic heterocycles. The van der Waals surface area contributed by atoms with Gasteiger partial charge in [0.15, 0.2) is 0 Å². The molecule has 0 aromatic carbocycles. The molecule has 1 saturated heterocycles. The average molecular weight is 327 g/mol. The summed E-state index contributed by atoms with van der Waals surface area (Å²) in [5.74, 6) is -0.670. The number of rotatable bonds is 6. The summed E-state index contributed by atoms with van der Waals surface area (Å²) in [6.45, 7) is 4.09. The molecule has 1 aromatic rings. The molecule has 2 N–H and O–H groups in total. The summed E-state index contributed by atoms with van der Waals surface area (Å²) >= 11 is 1.14. The second-order valence-electron chi connectivity index (χ2n) is 5.42. The zero-order valence-electron chi connectivity index (χ0n) is 12.6. The van der Waals surface area contributed by atoms with Crippen molar-refractivity contribution in [1.82, 2.24) is 4.90 Å². The van der Waals surface area contributed by atoms with Crippen molar-refractivity contribution in [2.75, 3.05) is 32.9 Å². The van der Waals surface area contributed by atoms with Crippen molar-refractivity contribution in [2.45, 2.75) is 19.8 Å². The van der Waals surface area contributed by atoms with Gasteiger partial charge in [-0.2, -0.15) is 0 Å². The van der Waals surface area contributed by atoms with Gasteiger partial charge in [-0.15, -0.1) is 11.3 Å². The van der Waals surface area contributed by atoms with Gasteiger partial charge in [0.05, 0.1) is 18.8 Å². The van der Waals surface area contributed by atoms with E-state index in [1.54, 1.807) is 11.8 Å². The van der Waals surface area contributed by atoms with E-state index in [1.165, 1.54) is 6.07 Å². The van der Waals surface area contributed by atoms with Crippen LogP contribution in [0.5, 0.6) is 0 Å². The Kier molecular flexibility index (Phi) is 5.93. The Morgan fingerprint density at radius 1 is 1.41 bits per heavy atom. The van der Waals surface area contributed by atoms with Crippen LogP contribution in [0, 0.1) is 12.8 Å². The molecule has 1 aliphatic heterocycles. The number of nitrogens with zero attached hydrogens (tertiary/aromatic N) is 1. The molecule has 0 aliphatic carbocycles. The highest BCUT2D eigenvalue weighted by molar-refractivity contribution is 7.14. The van der Waals surface area contributed by atoms with Crippen LogP contribution < -0.4 is 0 Å². The normalized spacial score (nSPS) is 16.0. The summed E-state index contributed by atoms with van der Waals surface area (Å²) in [7, 11) is 0. The Balaban J connectivity index is 1.91. The van der Waals surface area contributed by atoms with Crippen LogP contribution in [0.3, 0.4) is 0 Å². The molecule has 1 amide bonds. The van der Waals surface area contributed by atoms with E-state index >= 15 is 0 Å². The van der Waals surface area contributed by atoms with Crippen LogP contribution in [0.25, 0.3) is 0 Å². The van der Waals surface area contributed by atoms with Crippen molar-refractivity contribution in [3.63, 3.8) is 0 Å². The van der Waals surface area contributed by atoms with Gasteiger partial charge in [0, 0.05) is 24.6 Å². The molecule has 6 nitrogen and oxygen atoms in total. The molecule has 1 aliphatic rings. The third kappa shape index (κ3) is 4.06. The molecular weight excluding hydrogens is 306 g/mol. The predicted octanol–water partition coefficient (Wildman–Crippen LogP) is 1.62. The number of amides is 1. The monoisotopic (exact) mass is 327 g/mol. The van der Waals surface area contributed by atoms with Crippen LogP contribution in [0.1, 0.15) is 37.7 Å². The third-order valence-electron chi connectivity index (χ3n) is 3.85. The number of aryl methyl sites for hydroxylation is 1. The summed E-state index contributed by atoms with van der Waals surface area (Å²) in [5, 5.41) is 17.7. The van der Waals surface area contributed by atoms with Gasteiger partial charge in [-0.25, -0.2) is 4.79 Å². The van der Waals surface area contributed by atoms with Crippen LogP contribution in [0.15, 0.2) is 6.07 Å². The molecule has 0 saturated carbocycles. The quantitative estimate of drug-likeness (QED) is 0.775. The first-order valence-corrected chi connectivity index (χ1v) is 8.16. The van der Waals surface area contributed by atoms with E-state index in [9.17, 15) is 9.59 Å². The molecule has 2 heterocycles. The van der Waals surface area contributed by atoms with E-state index in [1.807, 2.05) is 0 Å². The highest BCUT2D eigenvalue weighted by Gasteiger charge is 2.26. The average Bonchev–Trinajstić information content (AvgIpc) is 2.90. The fraction of sp³-hybridized carbons (Fsp3) is 0.600. The highest BCUT2D eigenvalue weighted by atomic mass is 32.1. The largest absolute Gasteiger partial charge is 0.477 e. The molecule has 2 rings (SSSR count). The van der Waals surface area contributed by atoms with Crippen LogP contribution in [0.4, 0.5) is 0 Å². The first-order valence-electron chi connectivity index (χ1n) is 7.34. The number of ether oxygens (including phenoxy) is 1. The van der Waals surface area contributed by atoms with Crippen molar-refractivity contribution in [3.05, 3.63) is 21.4 Å². The second kappa shape index (κ2) is 7.71. The highest BCUT2D eigenvalue weighted by Crippen LogP contribution is 2.25. The van der Waals surface area contributed by atoms with E-state index in [0.29, 0.717) is 37.8 Å². The van der Waals surface area contributed by atoms with Crippen molar-refractivity contribution >= 4 is 23.2 Å². The fourth-order valence-corrected chi connectivity index (χ4v) is 3.44. The van der Waals surface area contributed by atoms with Crippen molar-refractivity contribution < 1.29 is 24.5 Å². The van der Waals surface area contributed by atoms with Gasteiger partial charge in [0.1, 0.15) is 4.88 Å². The molecule has 1 fully saturated rings. The van der Waals surface area contributed by atoms with Gasteiger partial charge >= 0.3 is 5.97 Å². The number of carboxylic acids is 1. The lowest BCUT2D eigenvalue weighted by molar-refractivity contribution is 0.0413. The zero-order valence-corrected chi connectivity index (χ0v) is 13.4. The van der Waals surface area contributed by atoms with Gasteiger partial charge < -0.3 is 19.8 Å². The molecule has 122 valence electrons. The Bertz CT molecular complexity index is 534. The lowest BCUT2D eigenvalue weighted by Gasteiger charge is -2.31. The molecule has 7 heteroatoms. The maximum Gasteiger partial charge on any atom is 0.345 e. The van der Waals surface area contributed by atoms with Crippen LogP contribution in [-0.2, 0) is 4.74 Å². The Labute approximate surface area is 133 Å². The van der Waals surface area contributed by atoms with Crippen LogP contribution in [-0.4, -0.2) is 59.9 Å². The molecule has 0 spiro atoms. The summed E-state index contributed by atoms with van der Waals surface area (Å²) in [5.41, 5.74) is 0.498. The molecule has 0 unspecified atom stereocenters. The summed E-state index contributed by atoms with van der Waals surface area (Å²) < 4.78 is 5.33. The number of carbonyl (C=O) groups is 2. The smallest absolute Gasteiger partial charge is 0.345 e. The maximum absolute atomic E-state index is 12.5. The van der Waals surface area contributed by atoms with Crippen LogP contribution in [0.2, 0.25) is 0 Å². The standard InChI is InChI=1S/C15H21NO5S/c1-10-12(8-13(22-10)15(19)20)14(18)16-4-2-11(3-5-16)9-21-7-6-17/h8,11,17H,2-7,9H2,1H3,(H,19,20). The molecular formula is C15H21NO5S. The maximum atomic E-state index is 12.5. The van der Waals surface area contributed by atoms with Crippen LogP contribution >= 0.6 is 11.3 Å². The number of hydrogen-bond donors (Lipinski definition) is 2. The van der Waals surface area contributed by atoms with E-state index in [4.69, 9.17) is 14.9 Å². The molecule has 22 heavy (non-hydrogen) atoms. The van der Waals surface area contributed by atoms with Gasteiger partial charge in [0.25, 0.3) is 5.91 Å². The topological polar surface area (TPSA) is 87.1 Å². The minimum atomic E-state index is -0.994. The summed E-state index contributed by atoms with van der Waals surface area (Å²) in [6.07, 6.45) is 1.73. The van der Waals surface area contributed by atoms with E-state index < -0.39 is 5.97 Å². The Morgan fingerprint density at radius 3 is 2.64 bits per heavy atom. The SMILES string of the molecule is Cc1sc(C(=O)O)cc1C(=O)N1CCC(COCCO)CC1. The number of carbonyl (C=O) groups excluding carboxylic acids is 1. The number of carboxylic acid groups (broad SMARTS) is 1. The third-order valence-corrected chi connectivity index (χ3v) is 4.89. The number of hydrogen-bond acceptors (Lipinski definition) is 5. The fourth-order valence-electron chi connectivity index (χ4n) is 2.59. The Morgan fingerprint density at radius 2 is 2.09 bits per heavy atom. The minimum absolute atomic E-state index is 0.0284. The van der Waals surface area contributed by atoms with Crippen molar-refractivity contribution in [3.8, 4) is 0 Å². The first-order chi connectivity index (χ1) is 10.5. The zero-order chi connectivity index (χ0) is 16.1. The number of aliphatic hydroxyl groups is 1. The lowest BCUT2D eigenvalue weighted by atomic mass is 9.97. The van der Waals surface area contributed by atoms with Crippen molar-refractivity contribution in [1.29, 1.82) is 0 Å². The Hall–Kier alpha value is -1.44. The van der Waals surface area contributed by atoms with Gasteiger partial charge in [-0.1, -0.05) is 0 Å². The second-order valence-corrected chi connectivity index (χ2v) is 6.68. The van der Waals surface area contributed by atoms with Gasteiger partial charge in [-0.3, -0.25) is 4.79 Å². The van der Waals surface area contributed by atoms with E-state index in [2.05, 4.69) is 0 Å².